The number of furan rings is 1. The lowest BCUT2D eigenvalue weighted by molar-refractivity contribution is 0.0936. The van der Waals surface area contributed by atoms with Crippen molar-refractivity contribution in [2.45, 2.75) is 6.92 Å². The number of benzene rings is 2. The molecule has 152 valence electrons. The molecule has 4 aromatic rings. The highest BCUT2D eigenvalue weighted by molar-refractivity contribution is 6.32. The van der Waals surface area contributed by atoms with Gasteiger partial charge in [0.05, 0.1) is 23.2 Å². The summed E-state index contributed by atoms with van der Waals surface area (Å²) in [7, 11) is 1.54. The van der Waals surface area contributed by atoms with E-state index in [-0.39, 0.29) is 5.76 Å². The molecule has 0 saturated heterocycles. The van der Waals surface area contributed by atoms with Crippen LogP contribution in [0.1, 0.15) is 26.6 Å². The Morgan fingerprint density at radius 3 is 2.60 bits per heavy atom. The van der Waals surface area contributed by atoms with Crippen molar-refractivity contribution < 1.29 is 18.7 Å². The highest BCUT2D eigenvalue weighted by Gasteiger charge is 2.25. The predicted octanol–water partition coefficient (Wildman–Crippen LogP) is 4.16. The number of para-hydroxylation sites is 1. The van der Waals surface area contributed by atoms with Crippen molar-refractivity contribution in [3.05, 3.63) is 76.6 Å². The molecular formula is C22H18ClN3O4. The molecule has 0 unspecified atom stereocenters. The highest BCUT2D eigenvalue weighted by Crippen LogP contribution is 2.32. The maximum absolute atomic E-state index is 13.3. The van der Waals surface area contributed by atoms with Crippen LogP contribution in [0, 0.1) is 6.92 Å². The number of nitrogen functional groups attached to an aromatic ring is 1. The summed E-state index contributed by atoms with van der Waals surface area (Å²) in [5.41, 5.74) is 4.24. The number of nitrogens with zero attached hydrogens (tertiary/aromatic N) is 1. The summed E-state index contributed by atoms with van der Waals surface area (Å²) in [5, 5.41) is 1.06. The van der Waals surface area contributed by atoms with Crippen LogP contribution < -0.4 is 16.0 Å². The molecule has 0 aliphatic carbocycles. The summed E-state index contributed by atoms with van der Waals surface area (Å²) < 4.78 is 12.4. The van der Waals surface area contributed by atoms with Crippen LogP contribution in [0.15, 0.2) is 59.0 Å². The number of carbonyl (C=O) groups is 2. The zero-order valence-corrected chi connectivity index (χ0v) is 17.0. The number of nitrogens with one attached hydrogen (secondary N) is 1. The fourth-order valence-corrected chi connectivity index (χ4v) is 3.78. The predicted molar refractivity (Wildman–Crippen MR) is 114 cm³/mol. The van der Waals surface area contributed by atoms with Gasteiger partial charge in [-0.05, 0) is 43.3 Å². The number of hydrogen-bond acceptors (Lipinski definition) is 5. The van der Waals surface area contributed by atoms with Crippen LogP contribution in [-0.2, 0) is 0 Å². The quantitative estimate of drug-likeness (QED) is 0.291. The molecule has 0 fully saturated rings. The highest BCUT2D eigenvalue weighted by atomic mass is 35.5. The van der Waals surface area contributed by atoms with Crippen LogP contribution in [0.4, 0.5) is 0 Å². The first-order valence-corrected chi connectivity index (χ1v) is 9.43. The molecule has 7 nitrogen and oxygen atoms in total. The summed E-state index contributed by atoms with van der Waals surface area (Å²) in [6.07, 6.45) is 0. The van der Waals surface area contributed by atoms with Crippen LogP contribution in [0.2, 0.25) is 5.02 Å². The summed E-state index contributed by atoms with van der Waals surface area (Å²) in [4.78, 5) is 25.6. The van der Waals surface area contributed by atoms with Gasteiger partial charge in [-0.3, -0.25) is 19.6 Å². The van der Waals surface area contributed by atoms with Gasteiger partial charge in [0.15, 0.2) is 5.76 Å². The van der Waals surface area contributed by atoms with Gasteiger partial charge in [-0.15, -0.1) is 0 Å². The van der Waals surface area contributed by atoms with E-state index in [4.69, 9.17) is 26.6 Å². The van der Waals surface area contributed by atoms with Gasteiger partial charge in [-0.1, -0.05) is 29.8 Å². The van der Waals surface area contributed by atoms with Gasteiger partial charge in [0.25, 0.3) is 11.8 Å². The largest absolute Gasteiger partial charge is 0.495 e. The molecular weight excluding hydrogens is 406 g/mol. The smallest absolute Gasteiger partial charge is 0.298 e. The fraction of sp³-hybridized carbons (Fsp3) is 0.0909. The van der Waals surface area contributed by atoms with Crippen molar-refractivity contribution in [2.24, 2.45) is 5.84 Å². The van der Waals surface area contributed by atoms with E-state index in [1.807, 2.05) is 0 Å². The second-order valence-electron chi connectivity index (χ2n) is 6.60. The van der Waals surface area contributed by atoms with Gasteiger partial charge in [0.1, 0.15) is 11.5 Å². The fourth-order valence-electron chi connectivity index (χ4n) is 3.53. The SMILES string of the molecule is COc1ccc(-c2ccc(C(=O)n3c(C)c(C(=O)NN)c4ccccc43)o2)cc1Cl. The Morgan fingerprint density at radius 2 is 1.90 bits per heavy atom. The zero-order chi connectivity index (χ0) is 21.4. The minimum atomic E-state index is -0.469. The van der Waals surface area contributed by atoms with Crippen molar-refractivity contribution in [3.63, 3.8) is 0 Å². The third-order valence-electron chi connectivity index (χ3n) is 4.93. The molecule has 0 aliphatic rings. The van der Waals surface area contributed by atoms with E-state index in [0.717, 1.165) is 0 Å². The number of rotatable bonds is 4. The molecule has 3 N–H and O–H groups in total. The monoisotopic (exact) mass is 423 g/mol. The van der Waals surface area contributed by atoms with Gasteiger partial charge in [0, 0.05) is 16.6 Å². The van der Waals surface area contributed by atoms with E-state index in [0.29, 0.717) is 44.3 Å². The van der Waals surface area contributed by atoms with Gasteiger partial charge in [-0.25, -0.2) is 5.84 Å². The summed E-state index contributed by atoms with van der Waals surface area (Å²) >= 11 is 6.19. The normalized spacial score (nSPS) is 10.9. The van der Waals surface area contributed by atoms with E-state index < -0.39 is 11.8 Å². The lowest BCUT2D eigenvalue weighted by Crippen LogP contribution is -2.30. The number of amides is 1. The van der Waals surface area contributed by atoms with Crippen molar-refractivity contribution in [2.75, 3.05) is 7.11 Å². The molecule has 0 radical (unpaired) electrons. The molecule has 0 saturated carbocycles. The first-order chi connectivity index (χ1) is 14.5. The molecule has 30 heavy (non-hydrogen) atoms. The van der Waals surface area contributed by atoms with E-state index in [9.17, 15) is 9.59 Å². The molecule has 0 aliphatic heterocycles. The van der Waals surface area contributed by atoms with Crippen molar-refractivity contribution in [3.8, 4) is 17.1 Å². The maximum Gasteiger partial charge on any atom is 0.298 e. The molecule has 2 aromatic carbocycles. The molecule has 2 aromatic heterocycles. The van der Waals surface area contributed by atoms with Gasteiger partial charge >= 0.3 is 0 Å². The van der Waals surface area contributed by atoms with Crippen molar-refractivity contribution in [1.29, 1.82) is 0 Å². The Kier molecular flexibility index (Phi) is 5.07. The Bertz CT molecular complexity index is 1290. The lowest BCUT2D eigenvalue weighted by Gasteiger charge is -2.06. The average Bonchev–Trinajstić information content (AvgIpc) is 3.35. The van der Waals surface area contributed by atoms with E-state index >= 15 is 0 Å². The minimum absolute atomic E-state index is 0.125. The molecule has 0 atom stereocenters. The molecule has 4 rings (SSSR count). The number of hydrogen-bond donors (Lipinski definition) is 2. The van der Waals surface area contributed by atoms with Crippen LogP contribution in [-0.4, -0.2) is 23.5 Å². The van der Waals surface area contributed by atoms with E-state index in [1.54, 1.807) is 61.5 Å². The van der Waals surface area contributed by atoms with Crippen LogP contribution in [0.3, 0.4) is 0 Å². The maximum atomic E-state index is 13.3. The third-order valence-corrected chi connectivity index (χ3v) is 5.22. The van der Waals surface area contributed by atoms with Crippen LogP contribution in [0.5, 0.6) is 5.75 Å². The second kappa shape index (κ2) is 7.70. The molecule has 0 bridgehead atoms. The topological polar surface area (TPSA) is 99.5 Å². The summed E-state index contributed by atoms with van der Waals surface area (Å²) in [6.45, 7) is 1.69. The lowest BCUT2D eigenvalue weighted by atomic mass is 10.1. The van der Waals surface area contributed by atoms with Gasteiger partial charge < -0.3 is 9.15 Å². The minimum Gasteiger partial charge on any atom is -0.495 e. The summed E-state index contributed by atoms with van der Waals surface area (Å²) in [6, 6.07) is 15.6. The number of fused-ring (bicyclic) bond motifs is 1. The van der Waals surface area contributed by atoms with Gasteiger partial charge in [-0.2, -0.15) is 0 Å². The van der Waals surface area contributed by atoms with Crippen molar-refractivity contribution in [1.82, 2.24) is 9.99 Å². The Balaban J connectivity index is 1.78. The van der Waals surface area contributed by atoms with E-state index in [2.05, 4.69) is 5.43 Å². The molecule has 8 heteroatoms. The summed E-state index contributed by atoms with van der Waals surface area (Å²) in [5.74, 6) is 5.62. The van der Waals surface area contributed by atoms with Gasteiger partial charge in [0.2, 0.25) is 0 Å². The molecule has 2 heterocycles. The first-order valence-electron chi connectivity index (χ1n) is 9.05. The number of hydrazine groups is 1. The third kappa shape index (κ3) is 3.14. The Hall–Kier alpha value is -3.55. The van der Waals surface area contributed by atoms with E-state index in [1.165, 1.54) is 11.7 Å². The Labute approximate surface area is 177 Å². The number of methoxy groups -OCH3 is 1. The van der Waals surface area contributed by atoms with Crippen LogP contribution >= 0.6 is 11.6 Å². The number of carbonyl (C=O) groups excluding carboxylic acids is 2. The number of aromatic nitrogens is 1. The first kappa shape index (κ1) is 19.8. The van der Waals surface area contributed by atoms with Crippen molar-refractivity contribution >= 4 is 34.3 Å². The Morgan fingerprint density at radius 1 is 1.13 bits per heavy atom. The zero-order valence-electron chi connectivity index (χ0n) is 16.2. The second-order valence-corrected chi connectivity index (χ2v) is 7.01. The standard InChI is InChI=1S/C22H18ClN3O4/c1-12-20(21(27)25-24)14-5-3-4-6-16(14)26(12)22(28)19-10-9-17(30-19)13-7-8-18(29-2)15(23)11-13/h3-11H,24H2,1-2H3,(H,25,27). The number of halogens is 1. The number of ether oxygens (including phenoxy) is 1. The van der Waals surface area contributed by atoms with Crippen LogP contribution in [0.25, 0.3) is 22.2 Å². The molecule has 0 spiro atoms. The molecule has 1 amide bonds. The average molecular weight is 424 g/mol. The number of nitrogens with two attached hydrogens (primary N) is 1.